The zero-order valence-corrected chi connectivity index (χ0v) is 14.2. The lowest BCUT2D eigenvalue weighted by molar-refractivity contribution is 0.0785. The quantitative estimate of drug-likeness (QED) is 0.354. The van der Waals surface area contributed by atoms with Gasteiger partial charge in [0, 0.05) is 19.6 Å². The molecule has 0 amide bonds. The summed E-state index contributed by atoms with van der Waals surface area (Å²) in [6, 6.07) is 0. The van der Waals surface area contributed by atoms with Crippen LogP contribution in [-0.2, 0) is 4.74 Å². The molecule has 1 unspecified atom stereocenters. The van der Waals surface area contributed by atoms with Crippen molar-refractivity contribution in [3.63, 3.8) is 0 Å². The van der Waals surface area contributed by atoms with Gasteiger partial charge in [0.15, 0.2) is 0 Å². The largest absolute Gasteiger partial charge is 0.389 e. The molecule has 3 heteroatoms. The van der Waals surface area contributed by atoms with Crippen LogP contribution >= 0.6 is 0 Å². The van der Waals surface area contributed by atoms with Crippen LogP contribution in [0.15, 0.2) is 12.2 Å². The fourth-order valence-electron chi connectivity index (χ4n) is 2.49. The van der Waals surface area contributed by atoms with E-state index in [4.69, 9.17) is 10.5 Å². The van der Waals surface area contributed by atoms with Crippen molar-refractivity contribution in [2.24, 2.45) is 11.7 Å². The Kier molecular flexibility index (Phi) is 15.7. The third-order valence-corrected chi connectivity index (χ3v) is 3.97. The Bertz CT molecular complexity index is 231. The van der Waals surface area contributed by atoms with Gasteiger partial charge in [-0.1, -0.05) is 70.4 Å². The van der Waals surface area contributed by atoms with Crippen LogP contribution in [0, 0.1) is 5.92 Å². The van der Waals surface area contributed by atoms with Crippen molar-refractivity contribution in [1.29, 1.82) is 0 Å². The molecule has 2 atom stereocenters. The molecule has 0 radical (unpaired) electrons. The number of unbranched alkanes of at least 4 members (excludes halogenated alkanes) is 9. The molecule has 0 aromatic heterocycles. The molecule has 0 rings (SSSR count). The van der Waals surface area contributed by atoms with E-state index in [1.54, 1.807) is 7.11 Å². The number of hydrogen-bond acceptors (Lipinski definition) is 3. The van der Waals surface area contributed by atoms with Crippen molar-refractivity contribution in [2.45, 2.75) is 77.2 Å². The molecule has 3 nitrogen and oxygen atoms in total. The SMILES string of the molecule is CCCCCCCCCCC/C=C/[C@@H](O)C(CN)COC. The van der Waals surface area contributed by atoms with Crippen LogP contribution < -0.4 is 5.73 Å². The maximum absolute atomic E-state index is 9.94. The second-order valence-corrected chi connectivity index (χ2v) is 5.99. The van der Waals surface area contributed by atoms with E-state index in [9.17, 15) is 5.11 Å². The molecule has 0 bridgehead atoms. The van der Waals surface area contributed by atoms with Gasteiger partial charge in [-0.25, -0.2) is 0 Å². The number of allylic oxidation sites excluding steroid dienone is 1. The predicted molar refractivity (Wildman–Crippen MR) is 91.4 cm³/mol. The molecule has 0 fully saturated rings. The van der Waals surface area contributed by atoms with Crippen molar-refractivity contribution in [3.05, 3.63) is 12.2 Å². The molecule has 126 valence electrons. The first-order valence-corrected chi connectivity index (χ1v) is 8.80. The van der Waals surface area contributed by atoms with Crippen LogP contribution in [0.2, 0.25) is 0 Å². The van der Waals surface area contributed by atoms with E-state index in [0.717, 1.165) is 6.42 Å². The van der Waals surface area contributed by atoms with Gasteiger partial charge in [0.05, 0.1) is 12.7 Å². The van der Waals surface area contributed by atoms with Crippen molar-refractivity contribution in [2.75, 3.05) is 20.3 Å². The monoisotopic (exact) mass is 299 g/mol. The highest BCUT2D eigenvalue weighted by atomic mass is 16.5. The Hall–Kier alpha value is -0.380. The molecular weight excluding hydrogens is 262 g/mol. The number of aliphatic hydroxyl groups is 1. The van der Waals surface area contributed by atoms with E-state index >= 15 is 0 Å². The number of nitrogens with two attached hydrogens (primary N) is 1. The first kappa shape index (κ1) is 20.6. The van der Waals surface area contributed by atoms with Gasteiger partial charge >= 0.3 is 0 Å². The van der Waals surface area contributed by atoms with E-state index in [0.29, 0.717) is 13.2 Å². The standard InChI is InChI=1S/C18H37NO2/c1-3-4-5-6-7-8-9-10-11-12-13-14-18(20)17(15-19)16-21-2/h13-14,17-18,20H,3-12,15-16,19H2,1-2H3/b14-13+/t17?,18-/m1/s1. The van der Waals surface area contributed by atoms with E-state index in [1.165, 1.54) is 57.8 Å². The highest BCUT2D eigenvalue weighted by Gasteiger charge is 2.14. The topological polar surface area (TPSA) is 55.5 Å². The molecule has 0 saturated heterocycles. The Balaban J connectivity index is 3.42. The summed E-state index contributed by atoms with van der Waals surface area (Å²) in [6.45, 7) is 3.23. The fourth-order valence-corrected chi connectivity index (χ4v) is 2.49. The summed E-state index contributed by atoms with van der Waals surface area (Å²) in [5, 5.41) is 9.94. The molecule has 3 N–H and O–H groups in total. The molecule has 0 spiro atoms. The second-order valence-electron chi connectivity index (χ2n) is 5.99. The lowest BCUT2D eigenvalue weighted by Gasteiger charge is -2.17. The predicted octanol–water partition coefficient (Wildman–Crippen LogP) is 4.05. The van der Waals surface area contributed by atoms with Gasteiger partial charge in [-0.3, -0.25) is 0 Å². The van der Waals surface area contributed by atoms with Gasteiger partial charge in [-0.05, 0) is 12.8 Å². The molecule has 0 aliphatic heterocycles. The zero-order chi connectivity index (χ0) is 15.8. The molecule has 21 heavy (non-hydrogen) atoms. The number of methoxy groups -OCH3 is 1. The van der Waals surface area contributed by atoms with E-state index in [1.807, 2.05) is 6.08 Å². The summed E-state index contributed by atoms with van der Waals surface area (Å²) in [5.74, 6) is 0.00868. The van der Waals surface area contributed by atoms with Gasteiger partial charge in [-0.15, -0.1) is 0 Å². The van der Waals surface area contributed by atoms with Crippen molar-refractivity contribution in [3.8, 4) is 0 Å². The highest BCUT2D eigenvalue weighted by Crippen LogP contribution is 2.11. The van der Waals surface area contributed by atoms with Crippen molar-refractivity contribution < 1.29 is 9.84 Å². The average molecular weight is 299 g/mol. The van der Waals surface area contributed by atoms with Gasteiger partial charge < -0.3 is 15.6 Å². The van der Waals surface area contributed by atoms with Crippen LogP contribution in [0.1, 0.15) is 71.1 Å². The third-order valence-electron chi connectivity index (χ3n) is 3.97. The van der Waals surface area contributed by atoms with Gasteiger partial charge in [0.2, 0.25) is 0 Å². The second kappa shape index (κ2) is 16.0. The van der Waals surface area contributed by atoms with Crippen LogP contribution in [0.4, 0.5) is 0 Å². The zero-order valence-electron chi connectivity index (χ0n) is 14.2. The lowest BCUT2D eigenvalue weighted by atomic mass is 10.0. The Morgan fingerprint density at radius 3 is 2.10 bits per heavy atom. The van der Waals surface area contributed by atoms with Crippen LogP contribution in [0.3, 0.4) is 0 Å². The molecule has 0 aliphatic carbocycles. The molecule has 0 aromatic carbocycles. The van der Waals surface area contributed by atoms with Gasteiger partial charge in [0.25, 0.3) is 0 Å². The summed E-state index contributed by atoms with van der Waals surface area (Å²) in [5.41, 5.74) is 5.61. The summed E-state index contributed by atoms with van der Waals surface area (Å²) >= 11 is 0. The molecule has 0 aromatic rings. The number of ether oxygens (including phenoxy) is 1. The summed E-state index contributed by atoms with van der Waals surface area (Å²) < 4.78 is 5.05. The highest BCUT2D eigenvalue weighted by molar-refractivity contribution is 4.92. The number of hydrogen-bond donors (Lipinski definition) is 2. The maximum Gasteiger partial charge on any atom is 0.0783 e. The molecule has 0 heterocycles. The van der Waals surface area contributed by atoms with E-state index in [2.05, 4.69) is 13.0 Å². The van der Waals surface area contributed by atoms with E-state index in [-0.39, 0.29) is 5.92 Å². The van der Waals surface area contributed by atoms with Gasteiger partial charge in [0.1, 0.15) is 0 Å². The molecular formula is C18H37NO2. The summed E-state index contributed by atoms with van der Waals surface area (Å²) in [4.78, 5) is 0. The normalized spacial score (nSPS) is 14.7. The van der Waals surface area contributed by atoms with Crippen LogP contribution in [0.25, 0.3) is 0 Å². The first-order valence-electron chi connectivity index (χ1n) is 8.80. The number of rotatable bonds is 15. The average Bonchev–Trinajstić information content (AvgIpc) is 2.50. The van der Waals surface area contributed by atoms with Crippen molar-refractivity contribution in [1.82, 2.24) is 0 Å². The Morgan fingerprint density at radius 2 is 1.57 bits per heavy atom. The van der Waals surface area contributed by atoms with Crippen LogP contribution in [0.5, 0.6) is 0 Å². The first-order chi connectivity index (χ1) is 10.3. The summed E-state index contributed by atoms with van der Waals surface area (Å²) in [7, 11) is 1.64. The lowest BCUT2D eigenvalue weighted by Crippen LogP contribution is -2.30. The van der Waals surface area contributed by atoms with Crippen LogP contribution in [-0.4, -0.2) is 31.5 Å². The number of aliphatic hydroxyl groups excluding tert-OH is 1. The molecule has 0 saturated carbocycles. The minimum atomic E-state index is -0.478. The Morgan fingerprint density at radius 1 is 1.00 bits per heavy atom. The minimum Gasteiger partial charge on any atom is -0.389 e. The third kappa shape index (κ3) is 13.0. The molecule has 0 aliphatic rings. The summed E-state index contributed by atoms with van der Waals surface area (Å²) in [6.07, 6.45) is 16.7. The minimum absolute atomic E-state index is 0.00868. The van der Waals surface area contributed by atoms with E-state index < -0.39 is 6.10 Å². The smallest absolute Gasteiger partial charge is 0.0783 e. The Labute approximate surface area is 132 Å². The van der Waals surface area contributed by atoms with Gasteiger partial charge in [-0.2, -0.15) is 0 Å². The maximum atomic E-state index is 9.94. The van der Waals surface area contributed by atoms with Crippen molar-refractivity contribution >= 4 is 0 Å². The fraction of sp³-hybridized carbons (Fsp3) is 0.889.